The number of aliphatic hydroxyl groups is 1. The van der Waals surface area contributed by atoms with E-state index in [1.165, 1.54) is 30.6 Å². The summed E-state index contributed by atoms with van der Waals surface area (Å²) in [5.74, 6) is -0.363. The molecule has 1 aromatic carbocycles. The van der Waals surface area contributed by atoms with E-state index in [0.717, 1.165) is 6.07 Å². The Hall–Kier alpha value is -2.08. The number of aromatic nitrogens is 1. The van der Waals surface area contributed by atoms with E-state index in [-0.39, 0.29) is 5.75 Å². The molecule has 1 aromatic heterocycles. The number of halogens is 3. The number of ether oxygens (including phenoxy) is 1. The average Bonchev–Trinajstić information content (AvgIpc) is 2.37. The number of pyridine rings is 1. The van der Waals surface area contributed by atoms with Crippen LogP contribution in [0.1, 0.15) is 17.2 Å². The SMILES string of the molecule is OC(c1ccncc1)c1cccc(OC(F)(F)F)c1. The first-order valence-electron chi connectivity index (χ1n) is 5.39. The summed E-state index contributed by atoms with van der Waals surface area (Å²) in [5, 5.41) is 10.1. The Labute approximate surface area is 107 Å². The van der Waals surface area contributed by atoms with Crippen LogP contribution < -0.4 is 4.74 Å². The van der Waals surface area contributed by atoms with E-state index in [4.69, 9.17) is 0 Å². The molecule has 0 radical (unpaired) electrons. The molecular weight excluding hydrogens is 259 g/mol. The van der Waals surface area contributed by atoms with Crippen LogP contribution in [0.3, 0.4) is 0 Å². The fourth-order valence-electron chi connectivity index (χ4n) is 1.62. The molecule has 0 aliphatic carbocycles. The third kappa shape index (κ3) is 3.69. The van der Waals surface area contributed by atoms with Crippen molar-refractivity contribution >= 4 is 0 Å². The molecule has 0 aliphatic heterocycles. The van der Waals surface area contributed by atoms with Gasteiger partial charge in [0.25, 0.3) is 0 Å². The highest BCUT2D eigenvalue weighted by atomic mass is 19.4. The van der Waals surface area contributed by atoms with Crippen molar-refractivity contribution in [2.24, 2.45) is 0 Å². The summed E-state index contributed by atoms with van der Waals surface area (Å²) in [4.78, 5) is 3.80. The molecule has 0 amide bonds. The molecular formula is C13H10F3NO2. The lowest BCUT2D eigenvalue weighted by atomic mass is 10.0. The van der Waals surface area contributed by atoms with Gasteiger partial charge in [0.2, 0.25) is 0 Å². The number of alkyl halides is 3. The Kier molecular flexibility index (Phi) is 3.71. The largest absolute Gasteiger partial charge is 0.573 e. The molecule has 2 rings (SSSR count). The Morgan fingerprint density at radius 3 is 2.37 bits per heavy atom. The van der Waals surface area contributed by atoms with Crippen molar-refractivity contribution in [3.05, 3.63) is 59.9 Å². The zero-order chi connectivity index (χ0) is 13.9. The van der Waals surface area contributed by atoms with Gasteiger partial charge < -0.3 is 9.84 Å². The topological polar surface area (TPSA) is 42.4 Å². The van der Waals surface area contributed by atoms with Crippen LogP contribution in [0.5, 0.6) is 5.75 Å². The van der Waals surface area contributed by atoms with E-state index >= 15 is 0 Å². The van der Waals surface area contributed by atoms with Gasteiger partial charge in [-0.2, -0.15) is 0 Å². The molecule has 6 heteroatoms. The first kappa shape index (κ1) is 13.4. The van der Waals surface area contributed by atoms with Crippen LogP contribution in [-0.4, -0.2) is 16.5 Å². The minimum absolute atomic E-state index is 0.313. The van der Waals surface area contributed by atoms with Gasteiger partial charge >= 0.3 is 6.36 Å². The second-order valence-corrected chi connectivity index (χ2v) is 3.80. The predicted molar refractivity (Wildman–Crippen MR) is 61.4 cm³/mol. The number of aliphatic hydroxyl groups excluding tert-OH is 1. The zero-order valence-corrected chi connectivity index (χ0v) is 9.63. The lowest BCUT2D eigenvalue weighted by molar-refractivity contribution is -0.274. The average molecular weight is 269 g/mol. The summed E-state index contributed by atoms with van der Waals surface area (Å²) >= 11 is 0. The van der Waals surface area contributed by atoms with Gasteiger partial charge in [-0.25, -0.2) is 0 Å². The molecule has 100 valence electrons. The second kappa shape index (κ2) is 5.27. The van der Waals surface area contributed by atoms with Crippen molar-refractivity contribution in [3.63, 3.8) is 0 Å². The Bertz CT molecular complexity index is 543. The van der Waals surface area contributed by atoms with Gasteiger partial charge in [0.1, 0.15) is 11.9 Å². The minimum atomic E-state index is -4.75. The highest BCUT2D eigenvalue weighted by molar-refractivity contribution is 5.34. The minimum Gasteiger partial charge on any atom is -0.406 e. The molecule has 0 saturated heterocycles. The molecule has 19 heavy (non-hydrogen) atoms. The Balaban J connectivity index is 2.24. The molecule has 1 heterocycles. The van der Waals surface area contributed by atoms with Crippen LogP contribution in [-0.2, 0) is 0 Å². The summed E-state index contributed by atoms with van der Waals surface area (Å²) in [6.45, 7) is 0. The van der Waals surface area contributed by atoms with Gasteiger partial charge in [-0.15, -0.1) is 13.2 Å². The molecule has 0 bridgehead atoms. The molecule has 0 saturated carbocycles. The van der Waals surface area contributed by atoms with E-state index in [9.17, 15) is 18.3 Å². The normalized spacial score (nSPS) is 13.1. The Morgan fingerprint density at radius 1 is 1.05 bits per heavy atom. The summed E-state index contributed by atoms with van der Waals surface area (Å²) in [6.07, 6.45) is -2.79. The fraction of sp³-hybridized carbons (Fsp3) is 0.154. The monoisotopic (exact) mass is 269 g/mol. The van der Waals surface area contributed by atoms with Crippen molar-refractivity contribution < 1.29 is 23.0 Å². The molecule has 0 spiro atoms. The van der Waals surface area contributed by atoms with E-state index in [1.54, 1.807) is 12.1 Å². The van der Waals surface area contributed by atoms with Crippen LogP contribution in [0.2, 0.25) is 0 Å². The van der Waals surface area contributed by atoms with Crippen LogP contribution in [0.25, 0.3) is 0 Å². The fourth-order valence-corrected chi connectivity index (χ4v) is 1.62. The summed E-state index contributed by atoms with van der Waals surface area (Å²) in [5.41, 5.74) is 0.854. The third-order valence-corrected chi connectivity index (χ3v) is 2.43. The molecule has 0 aliphatic rings. The number of nitrogens with zero attached hydrogens (tertiary/aromatic N) is 1. The van der Waals surface area contributed by atoms with Gasteiger partial charge in [-0.1, -0.05) is 12.1 Å². The summed E-state index contributed by atoms with van der Waals surface area (Å²) in [7, 11) is 0. The number of hydrogen-bond acceptors (Lipinski definition) is 3. The predicted octanol–water partition coefficient (Wildman–Crippen LogP) is 3.06. The standard InChI is InChI=1S/C13H10F3NO2/c14-13(15,16)19-11-3-1-2-10(8-11)12(18)9-4-6-17-7-5-9/h1-8,12,18H. The molecule has 2 aromatic rings. The van der Waals surface area contributed by atoms with Crippen molar-refractivity contribution in [2.75, 3.05) is 0 Å². The molecule has 1 atom stereocenters. The number of rotatable bonds is 3. The number of hydrogen-bond donors (Lipinski definition) is 1. The van der Waals surface area contributed by atoms with Gasteiger partial charge in [-0.3, -0.25) is 4.98 Å². The van der Waals surface area contributed by atoms with Crippen LogP contribution >= 0.6 is 0 Å². The molecule has 0 fully saturated rings. The maximum Gasteiger partial charge on any atom is 0.573 e. The quantitative estimate of drug-likeness (QED) is 0.931. The van der Waals surface area contributed by atoms with Crippen molar-refractivity contribution in [1.29, 1.82) is 0 Å². The van der Waals surface area contributed by atoms with Gasteiger partial charge in [0, 0.05) is 12.4 Å². The maximum absolute atomic E-state index is 12.1. The summed E-state index contributed by atoms with van der Waals surface area (Å²) < 4.78 is 40.1. The second-order valence-electron chi connectivity index (χ2n) is 3.80. The first-order valence-corrected chi connectivity index (χ1v) is 5.39. The van der Waals surface area contributed by atoms with E-state index in [2.05, 4.69) is 9.72 Å². The Morgan fingerprint density at radius 2 is 1.74 bits per heavy atom. The highest BCUT2D eigenvalue weighted by Gasteiger charge is 2.31. The molecule has 1 unspecified atom stereocenters. The van der Waals surface area contributed by atoms with Gasteiger partial charge in [-0.05, 0) is 35.4 Å². The first-order chi connectivity index (χ1) is 8.96. The van der Waals surface area contributed by atoms with Gasteiger partial charge in [0.05, 0.1) is 0 Å². The maximum atomic E-state index is 12.1. The van der Waals surface area contributed by atoms with E-state index in [1.807, 2.05) is 0 Å². The molecule has 1 N–H and O–H groups in total. The highest BCUT2D eigenvalue weighted by Crippen LogP contribution is 2.27. The summed E-state index contributed by atoms with van der Waals surface area (Å²) in [6, 6.07) is 8.41. The van der Waals surface area contributed by atoms with E-state index in [0.29, 0.717) is 11.1 Å². The van der Waals surface area contributed by atoms with Crippen molar-refractivity contribution in [2.45, 2.75) is 12.5 Å². The smallest absolute Gasteiger partial charge is 0.406 e. The third-order valence-electron chi connectivity index (χ3n) is 2.43. The van der Waals surface area contributed by atoms with E-state index < -0.39 is 12.5 Å². The van der Waals surface area contributed by atoms with Crippen LogP contribution in [0.15, 0.2) is 48.8 Å². The van der Waals surface area contributed by atoms with Gasteiger partial charge in [0.15, 0.2) is 0 Å². The van der Waals surface area contributed by atoms with Crippen molar-refractivity contribution in [1.82, 2.24) is 4.98 Å². The zero-order valence-electron chi connectivity index (χ0n) is 9.63. The van der Waals surface area contributed by atoms with Crippen molar-refractivity contribution in [3.8, 4) is 5.75 Å². The van der Waals surface area contributed by atoms with Crippen LogP contribution in [0.4, 0.5) is 13.2 Å². The van der Waals surface area contributed by atoms with Crippen LogP contribution in [0, 0.1) is 0 Å². The number of benzene rings is 1. The lowest BCUT2D eigenvalue weighted by Crippen LogP contribution is -2.17. The lowest BCUT2D eigenvalue weighted by Gasteiger charge is -2.14. The molecule has 3 nitrogen and oxygen atoms in total.